The number of ether oxygens (including phenoxy) is 1. The maximum atomic E-state index is 15.0. The standard InChI is InChI=1S/C27H32FN7O10S2/c1-27(2)17(24(37)35(27)45-47(40,41)42)10-20(36)23(19-14-46-26(30)31-19)32-44-22(25(38)39)13-43-21-6-5-15(9-18(21)28)16-11-33(3)34(12-16)8-4-7-29/h5-6,9,11-12,14,17,22H,4,7-8,10,13,29H2,1-3H3,(H3-,30,31,38,39,40,41,42)/p+1/b32-23-/t17-,22+/m1/s1. The number of aliphatic carboxylic acids is 1. The number of thiazole rings is 1. The lowest BCUT2D eigenvalue weighted by atomic mass is 9.74. The number of hydroxylamine groups is 2. The van der Waals surface area contributed by atoms with E-state index in [1.54, 1.807) is 6.07 Å². The minimum atomic E-state index is -5.01. The summed E-state index contributed by atoms with van der Waals surface area (Å²) in [6.07, 6.45) is 2.07. The molecule has 4 rings (SSSR count). The van der Waals surface area contributed by atoms with Crippen LogP contribution in [-0.4, -0.2) is 81.0 Å². The van der Waals surface area contributed by atoms with Crippen LogP contribution in [0.3, 0.4) is 0 Å². The third-order valence-electron chi connectivity index (χ3n) is 7.27. The Balaban J connectivity index is 1.47. The van der Waals surface area contributed by atoms with Crippen molar-refractivity contribution in [3.63, 3.8) is 0 Å². The van der Waals surface area contributed by atoms with Gasteiger partial charge in [0.25, 0.3) is 12.0 Å². The van der Waals surface area contributed by atoms with Crippen LogP contribution in [0.4, 0.5) is 9.52 Å². The van der Waals surface area contributed by atoms with Crippen LogP contribution in [-0.2, 0) is 47.5 Å². The smallest absolute Gasteiger partial charge is 0.418 e. The number of hydrogen-bond donors (Lipinski definition) is 4. The summed E-state index contributed by atoms with van der Waals surface area (Å²) in [5.74, 6) is -5.43. The molecule has 2 atom stereocenters. The van der Waals surface area contributed by atoms with Gasteiger partial charge in [0.2, 0.25) is 6.20 Å². The number of amides is 1. The number of ketones is 1. The molecule has 47 heavy (non-hydrogen) atoms. The molecule has 6 N–H and O–H groups in total. The summed E-state index contributed by atoms with van der Waals surface area (Å²) in [6.45, 7) is 3.29. The van der Waals surface area contributed by atoms with E-state index < -0.39 is 70.2 Å². The van der Waals surface area contributed by atoms with E-state index in [1.807, 2.05) is 28.8 Å². The Hall–Kier alpha value is -4.50. The number of carbonyl (C=O) groups excluding carboxylic acids is 2. The molecule has 1 saturated heterocycles. The van der Waals surface area contributed by atoms with Gasteiger partial charge in [0.15, 0.2) is 35.2 Å². The molecule has 254 valence electrons. The van der Waals surface area contributed by atoms with Crippen LogP contribution in [0.1, 0.15) is 32.4 Å². The van der Waals surface area contributed by atoms with E-state index >= 15 is 0 Å². The molecule has 1 fully saturated rings. The lowest BCUT2D eigenvalue weighted by Gasteiger charge is -2.50. The van der Waals surface area contributed by atoms with E-state index in [2.05, 4.69) is 14.4 Å². The van der Waals surface area contributed by atoms with Gasteiger partial charge in [-0.25, -0.2) is 14.2 Å². The Morgan fingerprint density at radius 1 is 1.30 bits per heavy atom. The van der Waals surface area contributed by atoms with Gasteiger partial charge in [-0.1, -0.05) is 11.2 Å². The summed E-state index contributed by atoms with van der Waals surface area (Å²) in [5, 5.41) is 15.2. The highest BCUT2D eigenvalue weighted by molar-refractivity contribution is 7.80. The number of Topliss-reactive ketones (excluding diaryl/α,β-unsaturated/α-hetero) is 1. The predicted molar refractivity (Wildman–Crippen MR) is 162 cm³/mol. The number of carbonyl (C=O) groups is 3. The number of aromatic nitrogens is 3. The van der Waals surface area contributed by atoms with Crippen molar-refractivity contribution in [3.05, 3.63) is 47.5 Å². The Kier molecular flexibility index (Phi) is 10.6. The van der Waals surface area contributed by atoms with Gasteiger partial charge < -0.3 is 26.1 Å². The number of benzene rings is 1. The number of β-lactam (4-membered cyclic amide) rings is 1. The Labute approximate surface area is 272 Å². The summed E-state index contributed by atoms with van der Waals surface area (Å²) in [6, 6.07) is 4.18. The van der Waals surface area contributed by atoms with Crippen molar-refractivity contribution in [3.8, 4) is 16.9 Å². The summed E-state index contributed by atoms with van der Waals surface area (Å²) >= 11 is 0.948. The number of nitrogen functional groups attached to an aromatic ring is 1. The first-order valence-electron chi connectivity index (χ1n) is 13.9. The van der Waals surface area contributed by atoms with Crippen molar-refractivity contribution in [1.82, 2.24) is 14.7 Å². The van der Waals surface area contributed by atoms with Crippen molar-refractivity contribution in [2.24, 2.45) is 23.9 Å². The maximum Gasteiger partial charge on any atom is 0.418 e. The number of nitrogens with two attached hydrogens (primary N) is 2. The number of anilines is 1. The fraction of sp³-hybridized carbons (Fsp3) is 0.407. The van der Waals surface area contributed by atoms with Crippen LogP contribution in [0, 0.1) is 11.7 Å². The third-order valence-corrected chi connectivity index (χ3v) is 8.29. The second kappa shape index (κ2) is 14.1. The highest BCUT2D eigenvalue weighted by Gasteiger charge is 2.57. The number of carboxylic acid groups (broad SMARTS) is 1. The summed E-state index contributed by atoms with van der Waals surface area (Å²) in [4.78, 5) is 46.9. The Bertz CT molecular complexity index is 1810. The molecule has 0 spiro atoms. The van der Waals surface area contributed by atoms with E-state index in [9.17, 15) is 32.3 Å². The van der Waals surface area contributed by atoms with Gasteiger partial charge in [0.05, 0.1) is 29.8 Å². The van der Waals surface area contributed by atoms with E-state index in [0.717, 1.165) is 23.3 Å². The predicted octanol–water partition coefficient (Wildman–Crippen LogP) is 0.690. The van der Waals surface area contributed by atoms with E-state index in [-0.39, 0.29) is 16.6 Å². The molecule has 3 heterocycles. The van der Waals surface area contributed by atoms with Gasteiger partial charge in [0, 0.05) is 11.8 Å². The molecule has 0 radical (unpaired) electrons. The van der Waals surface area contributed by atoms with Crippen LogP contribution in [0.2, 0.25) is 0 Å². The van der Waals surface area contributed by atoms with Crippen LogP contribution in [0.5, 0.6) is 5.75 Å². The van der Waals surface area contributed by atoms with Gasteiger partial charge in [-0.2, -0.15) is 18.2 Å². The molecule has 0 saturated carbocycles. The van der Waals surface area contributed by atoms with Crippen molar-refractivity contribution in [1.29, 1.82) is 0 Å². The molecule has 1 aliphatic heterocycles. The fourth-order valence-corrected chi connectivity index (χ4v) is 5.70. The van der Waals surface area contributed by atoms with Crippen LogP contribution in [0.25, 0.3) is 11.1 Å². The van der Waals surface area contributed by atoms with Gasteiger partial charge >= 0.3 is 16.4 Å². The van der Waals surface area contributed by atoms with Crippen LogP contribution < -0.4 is 20.9 Å². The fourth-order valence-electron chi connectivity index (χ4n) is 4.70. The number of aryl methyl sites for hydroxylation is 2. The van der Waals surface area contributed by atoms with Gasteiger partial charge in [-0.3, -0.25) is 14.1 Å². The summed E-state index contributed by atoms with van der Waals surface area (Å²) in [7, 11) is -3.17. The minimum Gasteiger partial charge on any atom is -0.486 e. The lowest BCUT2D eigenvalue weighted by molar-refractivity contribution is -0.753. The molecule has 17 nitrogen and oxygen atoms in total. The SMILES string of the molecule is C[n+]1cc(-c2ccc(OC[C@H](O/N=C(\C(=O)C[C@@H]3C(=O)N(OS(=O)(=O)O)C3(C)C)c3csc(N)n3)C(=O)O)c(F)c2)cn1CCCN. The Morgan fingerprint density at radius 2 is 2.02 bits per heavy atom. The number of rotatable bonds is 16. The molecule has 1 amide bonds. The van der Waals surface area contributed by atoms with Crippen molar-refractivity contribution in [2.45, 2.75) is 44.9 Å². The highest BCUT2D eigenvalue weighted by atomic mass is 32.3. The maximum absolute atomic E-state index is 15.0. The van der Waals surface area contributed by atoms with E-state index in [4.69, 9.17) is 25.6 Å². The molecular weight excluding hydrogens is 665 g/mol. The average molecular weight is 699 g/mol. The van der Waals surface area contributed by atoms with Gasteiger partial charge in [0.1, 0.15) is 12.3 Å². The van der Waals surface area contributed by atoms with E-state index in [0.29, 0.717) is 23.7 Å². The summed E-state index contributed by atoms with van der Waals surface area (Å²) in [5.41, 5.74) is 10.7. The zero-order valence-electron chi connectivity index (χ0n) is 25.4. The largest absolute Gasteiger partial charge is 0.486 e. The van der Waals surface area contributed by atoms with Gasteiger partial charge in [-0.05, 0) is 44.5 Å². The second-order valence-electron chi connectivity index (χ2n) is 11.0. The van der Waals surface area contributed by atoms with E-state index in [1.165, 1.54) is 31.4 Å². The molecule has 0 bridgehead atoms. The minimum absolute atomic E-state index is 0.0474. The van der Waals surface area contributed by atoms with Crippen LogP contribution >= 0.6 is 11.3 Å². The first-order valence-corrected chi connectivity index (χ1v) is 16.2. The first-order chi connectivity index (χ1) is 22.0. The molecule has 0 unspecified atom stereocenters. The molecule has 2 aromatic heterocycles. The zero-order valence-corrected chi connectivity index (χ0v) is 27.0. The van der Waals surface area contributed by atoms with Crippen molar-refractivity contribution in [2.75, 3.05) is 18.9 Å². The molecule has 1 aromatic carbocycles. The molecule has 20 heteroatoms. The third kappa shape index (κ3) is 8.27. The monoisotopic (exact) mass is 698 g/mol. The topological polar surface area (TPSA) is 243 Å². The molecular formula is C27H33FN7O10S2+. The quantitative estimate of drug-likeness (QED) is 0.0530. The lowest BCUT2D eigenvalue weighted by Crippen LogP contribution is -2.68. The number of nitrogens with zero attached hydrogens (tertiary/aromatic N) is 5. The zero-order chi connectivity index (χ0) is 34.7. The first kappa shape index (κ1) is 35.4. The average Bonchev–Trinajstić information content (AvgIpc) is 3.59. The number of carboxylic acids is 1. The van der Waals surface area contributed by atoms with Crippen molar-refractivity contribution >= 4 is 50.2 Å². The number of halogens is 1. The van der Waals surface area contributed by atoms with Crippen molar-refractivity contribution < 1.29 is 55.4 Å². The molecule has 3 aromatic rings. The molecule has 0 aliphatic carbocycles. The number of hydrogen-bond acceptors (Lipinski definition) is 13. The Morgan fingerprint density at radius 3 is 2.60 bits per heavy atom. The second-order valence-corrected chi connectivity index (χ2v) is 12.9. The van der Waals surface area contributed by atoms with Crippen LogP contribution in [0.15, 0.2) is 41.1 Å². The molecule has 1 aliphatic rings. The van der Waals surface area contributed by atoms with Gasteiger partial charge in [-0.15, -0.1) is 20.3 Å². The number of oxime groups is 1. The summed E-state index contributed by atoms with van der Waals surface area (Å²) < 4.78 is 59.6. The highest BCUT2D eigenvalue weighted by Crippen LogP contribution is 2.40. The normalized spacial score (nSPS) is 16.9.